The number of para-hydroxylation sites is 2. The number of rotatable bonds is 13. The second-order valence-corrected chi connectivity index (χ2v) is 19.0. The minimum atomic E-state index is -0.543. The van der Waals surface area contributed by atoms with E-state index in [9.17, 15) is 15.6 Å². The van der Waals surface area contributed by atoms with Gasteiger partial charge in [0.05, 0.1) is 39.7 Å². The van der Waals surface area contributed by atoms with Crippen molar-refractivity contribution in [2.24, 2.45) is 0 Å². The summed E-state index contributed by atoms with van der Waals surface area (Å²) in [6.07, 6.45) is 0. The molecular weight excluding hydrogens is 942 g/mol. The van der Waals surface area contributed by atoms with E-state index in [1.165, 1.54) is 0 Å². The van der Waals surface area contributed by atoms with E-state index in [4.69, 9.17) is 14.7 Å². The number of hydrogen-bond acceptors (Lipinski definition) is 6. The largest absolute Gasteiger partial charge is 0.491 e. The minimum absolute atomic E-state index is 0.125. The molecule has 8 aromatic carbocycles. The van der Waals surface area contributed by atoms with Gasteiger partial charge in [-0.15, -0.1) is 0 Å². The van der Waals surface area contributed by atoms with Crippen LogP contribution < -0.4 is 37.3 Å². The summed E-state index contributed by atoms with van der Waals surface area (Å²) in [6, 6.07) is 87.5. The molecule has 12 aromatic rings. The lowest BCUT2D eigenvalue weighted by atomic mass is 9.50. The Labute approximate surface area is 447 Å². The summed E-state index contributed by atoms with van der Waals surface area (Å²) in [5, 5.41) is 39.0. The number of hydrogen-bond donors (Lipinski definition) is 1. The fourth-order valence-corrected chi connectivity index (χ4v) is 11.1. The maximum atomic E-state index is 12.3. The van der Waals surface area contributed by atoms with Crippen molar-refractivity contribution in [3.63, 3.8) is 0 Å². The number of aliphatic hydroxyl groups excluding tert-OH is 1. The lowest BCUT2D eigenvalue weighted by Gasteiger charge is -2.25. The normalized spacial score (nSPS) is 12.0. The van der Waals surface area contributed by atoms with Crippen molar-refractivity contribution in [1.82, 2.24) is 18.9 Å². The molecule has 1 N–H and O–H groups in total. The Morgan fingerprint density at radius 1 is 0.468 bits per heavy atom. The maximum absolute atomic E-state index is 12.3. The Kier molecular flexibility index (Phi) is 13.1. The summed E-state index contributed by atoms with van der Waals surface area (Å²) in [5.74, 6) is 0.584. The summed E-state index contributed by atoms with van der Waals surface area (Å²) in [7, 11) is 0. The first-order valence-electron chi connectivity index (χ1n) is 25.7. The third kappa shape index (κ3) is 8.83. The van der Waals surface area contributed by atoms with Gasteiger partial charge in [-0.05, 0) is 66.6 Å². The zero-order valence-corrected chi connectivity index (χ0v) is 42.2. The van der Waals surface area contributed by atoms with Crippen LogP contribution in [0.3, 0.4) is 0 Å². The Morgan fingerprint density at radius 2 is 0.870 bits per heavy atom. The monoisotopic (exact) mass is 990 g/mol. The topological polar surface area (TPSA) is 113 Å². The van der Waals surface area contributed by atoms with Crippen LogP contribution in [0.1, 0.15) is 17.0 Å². The van der Waals surface area contributed by atoms with Crippen LogP contribution in [0.5, 0.6) is 5.75 Å². The molecule has 364 valence electrons. The molecule has 0 radical (unpaired) electrons. The number of nitriles is 2. The molecule has 0 bridgehead atoms. The van der Waals surface area contributed by atoms with Crippen LogP contribution in [-0.2, 0) is 0 Å². The summed E-state index contributed by atoms with van der Waals surface area (Å²) in [6.45, 7) is 1.04. The Bertz CT molecular complexity index is 4180. The van der Waals surface area contributed by atoms with Gasteiger partial charge in [-0.1, -0.05) is 216 Å². The molecule has 0 saturated carbocycles. The van der Waals surface area contributed by atoms with Gasteiger partial charge < -0.3 is 18.8 Å². The van der Waals surface area contributed by atoms with Gasteiger partial charge in [-0.3, -0.25) is 0 Å². The van der Waals surface area contributed by atoms with Gasteiger partial charge in [0.2, 0.25) is 0 Å². The summed E-state index contributed by atoms with van der Waals surface area (Å²) < 4.78 is 10.7. The molecule has 0 aliphatic rings. The number of pyridine rings is 2. The van der Waals surface area contributed by atoms with E-state index >= 15 is 0 Å². The predicted molar refractivity (Wildman–Crippen MR) is 314 cm³/mol. The molecule has 4 aromatic heterocycles. The van der Waals surface area contributed by atoms with Gasteiger partial charge in [0, 0.05) is 38.5 Å². The van der Waals surface area contributed by atoms with Gasteiger partial charge in [0.1, 0.15) is 35.6 Å². The number of ether oxygens (including phenoxy) is 1. The molecule has 10 heteroatoms. The predicted octanol–water partition coefficient (Wildman–Crippen LogP) is 9.31. The first-order chi connectivity index (χ1) is 38.0. The van der Waals surface area contributed by atoms with Crippen molar-refractivity contribution < 1.29 is 9.84 Å². The van der Waals surface area contributed by atoms with Crippen molar-refractivity contribution in [1.29, 1.82) is 10.5 Å². The van der Waals surface area contributed by atoms with Crippen LogP contribution in [0.4, 0.5) is 0 Å². The number of nitrogens with zero attached hydrogens (tertiary/aromatic N) is 6. The molecule has 0 unspecified atom stereocenters. The Hall–Kier alpha value is -9.99. The Balaban J connectivity index is 1.44. The van der Waals surface area contributed by atoms with E-state index in [1.54, 1.807) is 0 Å². The number of aliphatic hydroxyl groups is 1. The molecule has 0 saturated heterocycles. The molecule has 77 heavy (non-hydrogen) atoms. The fraction of sp³-hybridized carbons (Fsp3) is 0.0448. The van der Waals surface area contributed by atoms with Crippen LogP contribution in [0.2, 0.25) is 0 Å². The molecule has 0 fully saturated rings. The van der Waals surface area contributed by atoms with Crippen molar-refractivity contribution in [2.75, 3.05) is 13.2 Å². The van der Waals surface area contributed by atoms with E-state index in [-0.39, 0.29) is 13.2 Å². The molecule has 0 spiro atoms. The molecule has 12 rings (SSSR count). The standard InChI is InChI=1S/C67H48B2N6O2/c1-46-20-14-17-31-55(46)65-63-62(66(56(44-70)60-40-36-47-21-15-18-32-58(47)72-60)75(65)69(52-27-10-4-11-28-52)53-29-12-5-13-30-53)64(49-34-38-54(39-35-49)77-43-42-76)74(68(50-23-6-2-7-24-50)51-25-8-3-9-26-51)67(63)57(45-71)61-41-37-48-22-16-19-33-59(48)73-61/h2-41,76H,42-43H2,1H3/b66-56-,67-57-. The molecule has 0 atom stereocenters. The highest BCUT2D eigenvalue weighted by atomic mass is 16.5. The quantitative estimate of drug-likeness (QED) is 0.115. The van der Waals surface area contributed by atoms with Crippen molar-refractivity contribution in [3.8, 4) is 40.4 Å². The number of aromatic nitrogens is 4. The number of fused-ring (bicyclic) bond motifs is 3. The van der Waals surface area contributed by atoms with Crippen molar-refractivity contribution >= 4 is 79.3 Å². The van der Waals surface area contributed by atoms with Crippen molar-refractivity contribution in [2.45, 2.75) is 6.92 Å². The zero-order chi connectivity index (χ0) is 52.2. The lowest BCUT2D eigenvalue weighted by Crippen LogP contribution is -2.54. The van der Waals surface area contributed by atoms with Crippen LogP contribution in [0.25, 0.3) is 66.2 Å². The first kappa shape index (κ1) is 48.0. The summed E-state index contributed by atoms with van der Waals surface area (Å²) in [5.41, 5.74) is 11.4. The highest BCUT2D eigenvalue weighted by molar-refractivity contribution is 6.85. The van der Waals surface area contributed by atoms with E-state index in [2.05, 4.69) is 143 Å². The molecule has 0 aliphatic heterocycles. The SMILES string of the molecule is Cc1ccccc1-c1c2/c(=C(\C#N)c3ccc4ccccc4n3)n(B(c3ccccc3)c3ccccc3)c(-c3ccc(OCCO)cc3)c2/c(=C(\C#N)c2ccc3ccccc3n2)n1B(c1ccccc1)c1ccccc1. The average Bonchev–Trinajstić information content (AvgIpc) is 4.19. The van der Waals surface area contributed by atoms with Gasteiger partial charge >= 0.3 is 13.7 Å². The molecule has 4 heterocycles. The van der Waals surface area contributed by atoms with Crippen LogP contribution in [-0.4, -0.2) is 50.9 Å². The van der Waals surface area contributed by atoms with Gasteiger partial charge in [0.15, 0.2) is 0 Å². The third-order valence-electron chi connectivity index (χ3n) is 14.4. The summed E-state index contributed by atoms with van der Waals surface area (Å²) in [4.78, 5) is 10.6. The third-order valence-corrected chi connectivity index (χ3v) is 14.4. The highest BCUT2D eigenvalue weighted by Crippen LogP contribution is 2.38. The zero-order valence-electron chi connectivity index (χ0n) is 42.2. The van der Waals surface area contributed by atoms with Crippen LogP contribution in [0, 0.1) is 29.6 Å². The van der Waals surface area contributed by atoms with Gasteiger partial charge in [-0.2, -0.15) is 10.5 Å². The van der Waals surface area contributed by atoms with E-state index < -0.39 is 13.7 Å². The Morgan fingerprint density at radius 3 is 1.31 bits per heavy atom. The van der Waals surface area contributed by atoms with Gasteiger partial charge in [0.25, 0.3) is 0 Å². The van der Waals surface area contributed by atoms with Crippen LogP contribution >= 0.6 is 0 Å². The molecule has 8 nitrogen and oxygen atoms in total. The van der Waals surface area contributed by atoms with Crippen LogP contribution in [0.15, 0.2) is 243 Å². The van der Waals surface area contributed by atoms with E-state index in [1.807, 2.05) is 127 Å². The van der Waals surface area contributed by atoms with E-state index in [0.29, 0.717) is 39.0 Å². The first-order valence-corrected chi connectivity index (χ1v) is 25.7. The lowest BCUT2D eigenvalue weighted by molar-refractivity contribution is 0.201. The maximum Gasteiger partial charge on any atom is 0.328 e. The average molecular weight is 991 g/mol. The second-order valence-electron chi connectivity index (χ2n) is 19.0. The minimum Gasteiger partial charge on any atom is -0.491 e. The van der Waals surface area contributed by atoms with E-state index in [0.717, 1.165) is 82.5 Å². The molecule has 0 aliphatic carbocycles. The second kappa shape index (κ2) is 21.1. The highest BCUT2D eigenvalue weighted by Gasteiger charge is 2.37. The molecular formula is C67H48B2N6O2. The fourth-order valence-electron chi connectivity index (χ4n) is 11.1. The summed E-state index contributed by atoms with van der Waals surface area (Å²) >= 11 is 0. The van der Waals surface area contributed by atoms with Crippen molar-refractivity contribution in [3.05, 3.63) is 270 Å². The smallest absolute Gasteiger partial charge is 0.328 e. The van der Waals surface area contributed by atoms with Gasteiger partial charge in [-0.25, -0.2) is 9.97 Å². The number of benzene rings is 8. The molecule has 0 amide bonds. The number of aryl methyl sites for hydroxylation is 1.